The van der Waals surface area contributed by atoms with Crippen LogP contribution in [0, 0.1) is 0 Å². The summed E-state index contributed by atoms with van der Waals surface area (Å²) in [5, 5.41) is 22.6. The second-order valence-electron chi connectivity index (χ2n) is 7.83. The van der Waals surface area contributed by atoms with Crippen molar-refractivity contribution >= 4 is 67.1 Å². The van der Waals surface area contributed by atoms with Gasteiger partial charge in [-0.25, -0.2) is 0 Å². The summed E-state index contributed by atoms with van der Waals surface area (Å²) in [4.78, 5) is 11.2. The summed E-state index contributed by atoms with van der Waals surface area (Å²) in [6.45, 7) is 3.15. The van der Waals surface area contributed by atoms with E-state index in [4.69, 9.17) is 32.1 Å². The van der Waals surface area contributed by atoms with E-state index in [-0.39, 0.29) is 27.1 Å². The summed E-state index contributed by atoms with van der Waals surface area (Å²) in [6, 6.07) is 12.7. The highest BCUT2D eigenvalue weighted by Crippen LogP contribution is 2.43. The number of halogens is 2. The lowest BCUT2D eigenvalue weighted by Crippen LogP contribution is -2.12. The SMILES string of the molecule is COc1ccc(N=Nc2c(S(=O)(=O)OC(C)C)cc3cc(Nc4nc(Cl)nc(Cl)n4)ccc3c2O)cc1. The standard InChI is InChI=1S/C23H20Cl2N6O5S/c1-12(2)36-37(33,34)18-11-13-10-15(26-23-28-21(24)27-22(25)29-23)6-9-17(13)20(32)19(18)31-30-14-4-7-16(35-3)8-5-14/h4-12,32H,1-3H3,(H,26,27,28,29). The molecule has 4 rings (SSSR count). The fourth-order valence-electron chi connectivity index (χ4n) is 3.29. The van der Waals surface area contributed by atoms with E-state index in [1.165, 1.54) is 13.2 Å². The number of azo groups is 1. The van der Waals surface area contributed by atoms with E-state index in [1.54, 1.807) is 56.3 Å². The zero-order valence-corrected chi connectivity index (χ0v) is 22.0. The van der Waals surface area contributed by atoms with Crippen molar-refractivity contribution in [3.63, 3.8) is 0 Å². The summed E-state index contributed by atoms with van der Waals surface area (Å²) in [7, 11) is -2.79. The van der Waals surface area contributed by atoms with Crippen molar-refractivity contribution in [2.24, 2.45) is 10.2 Å². The van der Waals surface area contributed by atoms with Crippen LogP contribution >= 0.6 is 23.2 Å². The van der Waals surface area contributed by atoms with Crippen LogP contribution in [0.3, 0.4) is 0 Å². The first-order valence-corrected chi connectivity index (χ1v) is 12.8. The number of ether oxygens (including phenoxy) is 1. The first-order valence-electron chi connectivity index (χ1n) is 10.7. The third-order valence-electron chi connectivity index (χ3n) is 4.81. The number of nitrogens with zero attached hydrogens (tertiary/aromatic N) is 5. The Balaban J connectivity index is 1.82. The lowest BCUT2D eigenvalue weighted by Gasteiger charge is -2.14. The predicted molar refractivity (Wildman–Crippen MR) is 139 cm³/mol. The van der Waals surface area contributed by atoms with Crippen molar-refractivity contribution in [1.82, 2.24) is 15.0 Å². The van der Waals surface area contributed by atoms with Crippen molar-refractivity contribution in [1.29, 1.82) is 0 Å². The number of hydrogen-bond donors (Lipinski definition) is 2. The van der Waals surface area contributed by atoms with E-state index in [2.05, 4.69) is 30.5 Å². The van der Waals surface area contributed by atoms with Crippen LogP contribution in [0.25, 0.3) is 10.8 Å². The number of anilines is 2. The number of fused-ring (bicyclic) bond motifs is 1. The third kappa shape index (κ3) is 6.23. The fourth-order valence-corrected chi connectivity index (χ4v) is 4.91. The number of methoxy groups -OCH3 is 1. The highest BCUT2D eigenvalue weighted by Gasteiger charge is 2.26. The number of nitrogens with one attached hydrogen (secondary N) is 1. The van der Waals surface area contributed by atoms with Gasteiger partial charge in [-0.15, -0.1) is 5.11 Å². The highest BCUT2D eigenvalue weighted by atomic mass is 35.5. The molecule has 0 bridgehead atoms. The number of rotatable bonds is 8. The normalized spacial score (nSPS) is 11.9. The number of benzene rings is 3. The van der Waals surface area contributed by atoms with Crippen molar-refractivity contribution in [2.75, 3.05) is 12.4 Å². The molecule has 0 atom stereocenters. The van der Waals surface area contributed by atoms with E-state index in [1.807, 2.05) is 0 Å². The van der Waals surface area contributed by atoms with Gasteiger partial charge in [0, 0.05) is 11.1 Å². The van der Waals surface area contributed by atoms with E-state index in [0.717, 1.165) is 0 Å². The summed E-state index contributed by atoms with van der Waals surface area (Å²) in [5.41, 5.74) is 0.620. The summed E-state index contributed by atoms with van der Waals surface area (Å²) in [6.07, 6.45) is -0.652. The minimum absolute atomic E-state index is 0.0782. The zero-order chi connectivity index (χ0) is 26.7. The Hall–Kier alpha value is -3.58. The number of aromatic hydroxyl groups is 1. The Labute approximate surface area is 222 Å². The van der Waals surface area contributed by atoms with Gasteiger partial charge in [-0.1, -0.05) is 0 Å². The molecule has 0 fully saturated rings. The van der Waals surface area contributed by atoms with Gasteiger partial charge >= 0.3 is 0 Å². The van der Waals surface area contributed by atoms with E-state index >= 15 is 0 Å². The number of hydrogen-bond acceptors (Lipinski definition) is 11. The Morgan fingerprint density at radius 2 is 1.65 bits per heavy atom. The molecule has 0 aliphatic heterocycles. The van der Waals surface area contributed by atoms with Gasteiger partial charge in [0.2, 0.25) is 16.5 Å². The average Bonchev–Trinajstić information content (AvgIpc) is 2.82. The van der Waals surface area contributed by atoms with Gasteiger partial charge < -0.3 is 15.2 Å². The quantitative estimate of drug-likeness (QED) is 0.186. The van der Waals surface area contributed by atoms with Crippen molar-refractivity contribution in [3.05, 3.63) is 59.1 Å². The molecular weight excluding hydrogens is 543 g/mol. The van der Waals surface area contributed by atoms with Crippen LogP contribution in [0.5, 0.6) is 11.5 Å². The second kappa shape index (κ2) is 10.8. The molecule has 1 aromatic heterocycles. The Morgan fingerprint density at radius 3 is 2.27 bits per heavy atom. The topological polar surface area (TPSA) is 148 Å². The van der Waals surface area contributed by atoms with Crippen LogP contribution in [-0.4, -0.2) is 41.7 Å². The lowest BCUT2D eigenvalue weighted by molar-refractivity contribution is 0.249. The van der Waals surface area contributed by atoms with Crippen LogP contribution in [-0.2, 0) is 14.3 Å². The Morgan fingerprint density at radius 1 is 0.973 bits per heavy atom. The van der Waals surface area contributed by atoms with Gasteiger partial charge in [-0.3, -0.25) is 4.18 Å². The molecule has 0 spiro atoms. The number of aromatic nitrogens is 3. The molecule has 3 aromatic carbocycles. The Kier molecular flexibility index (Phi) is 7.73. The van der Waals surface area contributed by atoms with Gasteiger partial charge in [0.15, 0.2) is 5.75 Å². The Bertz CT molecular complexity index is 1580. The second-order valence-corrected chi connectivity index (χ2v) is 10.0. The molecule has 0 radical (unpaired) electrons. The summed E-state index contributed by atoms with van der Waals surface area (Å²) < 4.78 is 36.5. The molecule has 14 heteroatoms. The minimum Gasteiger partial charge on any atom is -0.505 e. The average molecular weight is 563 g/mol. The minimum atomic E-state index is -4.32. The molecule has 0 saturated heterocycles. The van der Waals surface area contributed by atoms with Gasteiger partial charge in [-0.05, 0) is 91.0 Å². The third-order valence-corrected chi connectivity index (χ3v) is 6.64. The monoisotopic (exact) mass is 562 g/mol. The number of phenolic OH excluding ortho intramolecular Hbond substituents is 1. The molecule has 0 aliphatic rings. The zero-order valence-electron chi connectivity index (χ0n) is 19.7. The first-order chi connectivity index (χ1) is 17.6. The van der Waals surface area contributed by atoms with Gasteiger partial charge in [0.1, 0.15) is 16.3 Å². The lowest BCUT2D eigenvalue weighted by atomic mass is 10.1. The van der Waals surface area contributed by atoms with Crippen LogP contribution in [0.4, 0.5) is 23.0 Å². The first kappa shape index (κ1) is 26.5. The highest BCUT2D eigenvalue weighted by molar-refractivity contribution is 7.87. The molecule has 2 N–H and O–H groups in total. The molecule has 1 heterocycles. The maximum Gasteiger partial charge on any atom is 0.299 e. The molecule has 0 amide bonds. The maximum absolute atomic E-state index is 13.1. The van der Waals surface area contributed by atoms with Crippen LogP contribution in [0.1, 0.15) is 13.8 Å². The molecule has 0 aliphatic carbocycles. The van der Waals surface area contributed by atoms with E-state index in [9.17, 15) is 13.5 Å². The molecule has 0 unspecified atom stereocenters. The largest absolute Gasteiger partial charge is 0.505 e. The van der Waals surface area contributed by atoms with E-state index < -0.39 is 22.0 Å². The molecule has 192 valence electrons. The summed E-state index contributed by atoms with van der Waals surface area (Å²) in [5.74, 6) is 0.306. The van der Waals surface area contributed by atoms with Crippen LogP contribution in [0.2, 0.25) is 10.6 Å². The van der Waals surface area contributed by atoms with Gasteiger partial charge in [-0.2, -0.15) is 28.5 Å². The fraction of sp³-hybridized carbons (Fsp3) is 0.174. The van der Waals surface area contributed by atoms with E-state index in [0.29, 0.717) is 27.9 Å². The van der Waals surface area contributed by atoms with Crippen molar-refractivity contribution < 1.29 is 22.4 Å². The molecular formula is C23H20Cl2N6O5S. The van der Waals surface area contributed by atoms with Crippen molar-refractivity contribution in [3.8, 4) is 11.5 Å². The maximum atomic E-state index is 13.1. The predicted octanol–water partition coefficient (Wildman–Crippen LogP) is 6.32. The summed E-state index contributed by atoms with van der Waals surface area (Å²) >= 11 is 11.7. The van der Waals surface area contributed by atoms with Crippen LogP contribution < -0.4 is 10.1 Å². The molecule has 11 nitrogen and oxygen atoms in total. The van der Waals surface area contributed by atoms with Gasteiger partial charge in [0.25, 0.3) is 10.1 Å². The molecule has 37 heavy (non-hydrogen) atoms. The smallest absolute Gasteiger partial charge is 0.299 e. The molecule has 4 aromatic rings. The van der Waals surface area contributed by atoms with Crippen molar-refractivity contribution in [2.45, 2.75) is 24.8 Å². The number of phenols is 1. The van der Waals surface area contributed by atoms with Crippen LogP contribution in [0.15, 0.2) is 63.7 Å². The van der Waals surface area contributed by atoms with Gasteiger partial charge in [0.05, 0.1) is 18.9 Å². The molecule has 0 saturated carbocycles.